The van der Waals surface area contributed by atoms with Crippen LogP contribution in [0.2, 0.25) is 0 Å². The van der Waals surface area contributed by atoms with Crippen molar-refractivity contribution in [1.29, 1.82) is 0 Å². The number of amides is 1. The molecule has 1 heterocycles. The molecule has 0 bridgehead atoms. The number of anilines is 1. The van der Waals surface area contributed by atoms with Crippen molar-refractivity contribution in [2.24, 2.45) is 0 Å². The molecule has 0 saturated carbocycles. The smallest absolute Gasteiger partial charge is 0.387 e. The van der Waals surface area contributed by atoms with Crippen LogP contribution in [-0.2, 0) is 0 Å². The first-order chi connectivity index (χ1) is 11.5. The molecule has 0 aliphatic rings. The van der Waals surface area contributed by atoms with Crippen LogP contribution in [-0.4, -0.2) is 29.4 Å². The predicted molar refractivity (Wildman–Crippen MR) is 84.8 cm³/mol. The number of aromatic nitrogens is 2. The summed E-state index contributed by atoms with van der Waals surface area (Å²) in [5, 5.41) is 6.89. The van der Waals surface area contributed by atoms with Crippen LogP contribution >= 0.6 is 0 Å². The molecule has 130 valence electrons. The Kier molecular flexibility index (Phi) is 5.73. The second-order valence-electron chi connectivity index (χ2n) is 5.12. The van der Waals surface area contributed by atoms with Gasteiger partial charge in [0.2, 0.25) is 0 Å². The van der Waals surface area contributed by atoms with Crippen LogP contribution in [0.25, 0.3) is 0 Å². The maximum Gasteiger partial charge on any atom is 0.387 e. The van der Waals surface area contributed by atoms with E-state index in [1.54, 1.807) is 16.9 Å². The summed E-state index contributed by atoms with van der Waals surface area (Å²) in [6.45, 7) is 0.976. The fraction of sp³-hybridized carbons (Fsp3) is 0.375. The van der Waals surface area contributed by atoms with Crippen molar-refractivity contribution >= 4 is 11.7 Å². The molecular weight excluding hydrogens is 320 g/mol. The summed E-state index contributed by atoms with van der Waals surface area (Å²) in [6, 6.07) is 5.87. The normalized spacial score (nSPS) is 12.1. The highest BCUT2D eigenvalue weighted by atomic mass is 19.3. The molecule has 6 nitrogen and oxygen atoms in total. The fourth-order valence-corrected chi connectivity index (χ4v) is 2.13. The first-order valence-electron chi connectivity index (χ1n) is 7.44. The molecule has 1 atom stereocenters. The van der Waals surface area contributed by atoms with Crippen molar-refractivity contribution in [3.8, 4) is 11.5 Å². The van der Waals surface area contributed by atoms with Gasteiger partial charge in [-0.25, -0.2) is 4.68 Å². The van der Waals surface area contributed by atoms with Gasteiger partial charge in [0.05, 0.1) is 19.3 Å². The van der Waals surface area contributed by atoms with Crippen LogP contribution in [0.15, 0.2) is 30.5 Å². The van der Waals surface area contributed by atoms with Crippen molar-refractivity contribution in [3.05, 3.63) is 36.0 Å². The van der Waals surface area contributed by atoms with E-state index in [9.17, 15) is 13.6 Å². The Morgan fingerprint density at radius 3 is 2.71 bits per heavy atom. The van der Waals surface area contributed by atoms with Crippen molar-refractivity contribution in [1.82, 2.24) is 9.78 Å². The third-order valence-corrected chi connectivity index (χ3v) is 3.56. The molecule has 1 N–H and O–H groups in total. The van der Waals surface area contributed by atoms with Crippen LogP contribution in [0.1, 0.15) is 36.7 Å². The average molecular weight is 339 g/mol. The lowest BCUT2D eigenvalue weighted by molar-refractivity contribution is -0.0512. The van der Waals surface area contributed by atoms with E-state index in [0.717, 1.165) is 6.42 Å². The van der Waals surface area contributed by atoms with E-state index in [1.165, 1.54) is 25.3 Å². The molecule has 0 spiro atoms. The lowest BCUT2D eigenvalue weighted by Crippen LogP contribution is -2.17. The highest BCUT2D eigenvalue weighted by Gasteiger charge is 2.16. The van der Waals surface area contributed by atoms with Gasteiger partial charge in [-0.2, -0.15) is 13.9 Å². The van der Waals surface area contributed by atoms with Gasteiger partial charge in [-0.3, -0.25) is 4.79 Å². The zero-order chi connectivity index (χ0) is 17.7. The first kappa shape index (κ1) is 17.7. The summed E-state index contributed by atoms with van der Waals surface area (Å²) in [5.41, 5.74) is 0.170. The SMILES string of the molecule is CCC(C)n1nccc1NC(=O)c1ccc(OC)c(OC(F)F)c1. The zero-order valence-corrected chi connectivity index (χ0v) is 13.6. The van der Waals surface area contributed by atoms with Gasteiger partial charge in [0, 0.05) is 11.6 Å². The number of halogens is 2. The van der Waals surface area contributed by atoms with Gasteiger partial charge in [0.25, 0.3) is 5.91 Å². The summed E-state index contributed by atoms with van der Waals surface area (Å²) < 4.78 is 36.0. The molecule has 0 aliphatic carbocycles. The molecule has 24 heavy (non-hydrogen) atoms. The summed E-state index contributed by atoms with van der Waals surface area (Å²) in [4.78, 5) is 12.4. The second-order valence-corrected chi connectivity index (χ2v) is 5.12. The number of methoxy groups -OCH3 is 1. The van der Waals surface area contributed by atoms with Crippen LogP contribution in [0.3, 0.4) is 0 Å². The molecular formula is C16H19F2N3O3. The van der Waals surface area contributed by atoms with Crippen LogP contribution in [0.4, 0.5) is 14.6 Å². The lowest BCUT2D eigenvalue weighted by Gasteiger charge is -2.15. The van der Waals surface area contributed by atoms with E-state index in [4.69, 9.17) is 4.74 Å². The van der Waals surface area contributed by atoms with E-state index >= 15 is 0 Å². The van der Waals surface area contributed by atoms with Crippen LogP contribution < -0.4 is 14.8 Å². The van der Waals surface area contributed by atoms with Gasteiger partial charge in [-0.15, -0.1) is 0 Å². The molecule has 0 aliphatic heterocycles. The molecule has 1 aromatic carbocycles. The Hall–Kier alpha value is -2.64. The number of ether oxygens (including phenoxy) is 2. The minimum atomic E-state index is -3.01. The van der Waals surface area contributed by atoms with Gasteiger partial charge in [-0.1, -0.05) is 6.92 Å². The number of hydrogen-bond acceptors (Lipinski definition) is 4. The Morgan fingerprint density at radius 2 is 2.08 bits per heavy atom. The maximum absolute atomic E-state index is 12.5. The predicted octanol–water partition coefficient (Wildman–Crippen LogP) is 3.72. The zero-order valence-electron chi connectivity index (χ0n) is 13.6. The largest absolute Gasteiger partial charge is 0.493 e. The average Bonchev–Trinajstić information content (AvgIpc) is 3.01. The summed E-state index contributed by atoms with van der Waals surface area (Å²) in [5.74, 6) is -0.00426. The number of rotatable bonds is 7. The number of carbonyl (C=O) groups excluding carboxylic acids is 1. The van der Waals surface area contributed by atoms with Crippen molar-refractivity contribution < 1.29 is 23.0 Å². The minimum absolute atomic E-state index is 0.115. The number of benzene rings is 1. The molecule has 8 heteroatoms. The van der Waals surface area contributed by atoms with E-state index in [0.29, 0.717) is 5.82 Å². The minimum Gasteiger partial charge on any atom is -0.493 e. The summed E-state index contributed by atoms with van der Waals surface area (Å²) in [6.07, 6.45) is 2.43. The van der Waals surface area contributed by atoms with E-state index in [2.05, 4.69) is 15.2 Å². The summed E-state index contributed by atoms with van der Waals surface area (Å²) >= 11 is 0. The van der Waals surface area contributed by atoms with Gasteiger partial charge in [-0.05, 0) is 31.5 Å². The summed E-state index contributed by atoms with van der Waals surface area (Å²) in [7, 11) is 1.33. The Bertz CT molecular complexity index is 704. The molecule has 2 aromatic rings. The molecule has 0 saturated heterocycles. The quantitative estimate of drug-likeness (QED) is 0.835. The maximum atomic E-state index is 12.5. The standard InChI is InChI=1S/C16H19F2N3O3/c1-4-10(2)21-14(7-8-19-21)20-15(22)11-5-6-12(23-3)13(9-11)24-16(17)18/h5-10,16H,4H2,1-3H3,(H,20,22). The van der Waals surface area contributed by atoms with Crippen molar-refractivity contribution in [3.63, 3.8) is 0 Å². The van der Waals surface area contributed by atoms with Gasteiger partial charge >= 0.3 is 6.61 Å². The molecule has 1 amide bonds. The monoisotopic (exact) mass is 339 g/mol. The van der Waals surface area contributed by atoms with E-state index < -0.39 is 12.5 Å². The number of hydrogen-bond donors (Lipinski definition) is 1. The number of carbonyl (C=O) groups is 1. The lowest BCUT2D eigenvalue weighted by atomic mass is 10.2. The second kappa shape index (κ2) is 7.76. The Balaban J connectivity index is 2.22. The van der Waals surface area contributed by atoms with Crippen LogP contribution in [0.5, 0.6) is 11.5 Å². The van der Waals surface area contributed by atoms with E-state index in [-0.39, 0.29) is 23.1 Å². The third kappa shape index (κ3) is 4.01. The van der Waals surface area contributed by atoms with E-state index in [1.807, 2.05) is 13.8 Å². The molecule has 1 aromatic heterocycles. The number of alkyl halides is 2. The molecule has 2 rings (SSSR count). The fourth-order valence-electron chi connectivity index (χ4n) is 2.13. The van der Waals surface area contributed by atoms with Gasteiger partial charge in [0.1, 0.15) is 5.82 Å². The topological polar surface area (TPSA) is 65.4 Å². The first-order valence-corrected chi connectivity index (χ1v) is 7.44. The van der Waals surface area contributed by atoms with Crippen molar-refractivity contribution in [2.45, 2.75) is 32.9 Å². The third-order valence-electron chi connectivity index (χ3n) is 3.56. The van der Waals surface area contributed by atoms with Crippen molar-refractivity contribution in [2.75, 3.05) is 12.4 Å². The highest BCUT2D eigenvalue weighted by molar-refractivity contribution is 6.04. The molecule has 1 unspecified atom stereocenters. The Morgan fingerprint density at radius 1 is 1.33 bits per heavy atom. The molecule has 0 radical (unpaired) electrons. The molecule has 0 fully saturated rings. The number of nitrogens with one attached hydrogen (secondary N) is 1. The number of nitrogens with zero attached hydrogens (tertiary/aromatic N) is 2. The Labute approximate surface area is 138 Å². The van der Waals surface area contributed by atoms with Gasteiger partial charge < -0.3 is 14.8 Å². The highest BCUT2D eigenvalue weighted by Crippen LogP contribution is 2.30. The van der Waals surface area contributed by atoms with Crippen LogP contribution in [0, 0.1) is 0 Å². The van der Waals surface area contributed by atoms with Gasteiger partial charge in [0.15, 0.2) is 11.5 Å².